The number of hydrogen-bond donors (Lipinski definition) is 2. The molecule has 4 rings (SSSR count). The second-order valence-corrected chi connectivity index (χ2v) is 9.86. The minimum atomic E-state index is -0.00797. The van der Waals surface area contributed by atoms with Crippen molar-refractivity contribution in [3.05, 3.63) is 47.3 Å². The Labute approximate surface area is 200 Å². The molecule has 176 valence electrons. The molecule has 3 N–H and O–H groups in total. The van der Waals surface area contributed by atoms with Crippen molar-refractivity contribution in [2.75, 3.05) is 43.5 Å². The Hall–Kier alpha value is -2.74. The van der Waals surface area contributed by atoms with Crippen LogP contribution >= 0.6 is 11.8 Å². The maximum Gasteiger partial charge on any atom is 0.256 e. The smallest absolute Gasteiger partial charge is 0.256 e. The number of rotatable bonds is 5. The Morgan fingerprint density at radius 3 is 2.55 bits per heavy atom. The lowest BCUT2D eigenvalue weighted by Crippen LogP contribution is -2.45. The SMILES string of the molecule is CSc1cncc(C(=O)N2CCC[C@@H](Nc3c(N)cc(C)cc3C(=O)N3CCCCC3)C2)c1. The number of aromatic nitrogens is 1. The number of nitrogens with zero attached hydrogens (tertiary/aromatic N) is 3. The zero-order valence-electron chi connectivity index (χ0n) is 19.5. The van der Waals surface area contributed by atoms with E-state index in [1.54, 1.807) is 24.2 Å². The van der Waals surface area contributed by atoms with Gasteiger partial charge < -0.3 is 20.9 Å². The third-order valence-electron chi connectivity index (χ3n) is 6.44. The number of nitrogen functional groups attached to an aromatic ring is 1. The predicted octanol–water partition coefficient (Wildman–Crippen LogP) is 4.04. The number of likely N-dealkylation sites (tertiary alicyclic amines) is 2. The topological polar surface area (TPSA) is 91.6 Å². The van der Waals surface area contributed by atoms with E-state index in [-0.39, 0.29) is 17.9 Å². The summed E-state index contributed by atoms with van der Waals surface area (Å²) >= 11 is 1.57. The van der Waals surface area contributed by atoms with Crippen LogP contribution in [-0.2, 0) is 0 Å². The predicted molar refractivity (Wildman–Crippen MR) is 134 cm³/mol. The van der Waals surface area contributed by atoms with E-state index in [1.807, 2.05) is 41.2 Å². The van der Waals surface area contributed by atoms with Crippen molar-refractivity contribution in [1.29, 1.82) is 0 Å². The number of hydrogen-bond acceptors (Lipinski definition) is 6. The quantitative estimate of drug-likeness (QED) is 0.509. The normalized spacial score (nSPS) is 18.8. The Bertz CT molecular complexity index is 1020. The van der Waals surface area contributed by atoms with Gasteiger partial charge in [-0.15, -0.1) is 11.8 Å². The largest absolute Gasteiger partial charge is 0.397 e. The van der Waals surface area contributed by atoms with E-state index >= 15 is 0 Å². The fourth-order valence-corrected chi connectivity index (χ4v) is 5.14. The average Bonchev–Trinajstić information content (AvgIpc) is 2.85. The van der Waals surface area contributed by atoms with Crippen molar-refractivity contribution in [2.24, 2.45) is 0 Å². The molecule has 0 unspecified atom stereocenters. The molecule has 2 saturated heterocycles. The summed E-state index contributed by atoms with van der Waals surface area (Å²) in [5.74, 6) is 0.0303. The van der Waals surface area contributed by atoms with Crippen molar-refractivity contribution in [3.63, 3.8) is 0 Å². The van der Waals surface area contributed by atoms with E-state index in [0.29, 0.717) is 35.6 Å². The first-order chi connectivity index (χ1) is 16.0. The van der Waals surface area contributed by atoms with E-state index in [2.05, 4.69) is 10.3 Å². The minimum absolute atomic E-state index is 0.00797. The van der Waals surface area contributed by atoms with Gasteiger partial charge in [-0.05, 0) is 69.0 Å². The lowest BCUT2D eigenvalue weighted by Gasteiger charge is -2.35. The van der Waals surface area contributed by atoms with Crippen LogP contribution in [0.4, 0.5) is 11.4 Å². The third kappa shape index (κ3) is 5.43. The van der Waals surface area contributed by atoms with Gasteiger partial charge in [-0.25, -0.2) is 0 Å². The molecule has 1 aromatic heterocycles. The highest BCUT2D eigenvalue weighted by molar-refractivity contribution is 7.98. The molecule has 7 nitrogen and oxygen atoms in total. The van der Waals surface area contributed by atoms with Gasteiger partial charge in [-0.3, -0.25) is 14.6 Å². The minimum Gasteiger partial charge on any atom is -0.397 e. The molecule has 0 spiro atoms. The summed E-state index contributed by atoms with van der Waals surface area (Å²) in [6.45, 7) is 4.82. The molecule has 2 amide bonds. The summed E-state index contributed by atoms with van der Waals surface area (Å²) in [5.41, 5.74) is 9.89. The van der Waals surface area contributed by atoms with Crippen molar-refractivity contribution < 1.29 is 9.59 Å². The number of thioether (sulfide) groups is 1. The second kappa shape index (κ2) is 10.5. The van der Waals surface area contributed by atoms with E-state index < -0.39 is 0 Å². The van der Waals surface area contributed by atoms with Crippen LogP contribution in [0.15, 0.2) is 35.5 Å². The van der Waals surface area contributed by atoms with Gasteiger partial charge in [0, 0.05) is 49.5 Å². The number of piperidine rings is 2. The Balaban J connectivity index is 1.52. The number of nitrogens with one attached hydrogen (secondary N) is 1. The summed E-state index contributed by atoms with van der Waals surface area (Å²) in [7, 11) is 0. The standard InChI is InChI=1S/C25H33N5O2S/c1-17-11-21(25(32)29-8-4-3-5-9-29)23(22(26)12-17)28-19-7-6-10-30(16-19)24(31)18-13-20(33-2)15-27-14-18/h11-15,19,28H,3-10,16,26H2,1-2H3/t19-/m1/s1. The van der Waals surface area contributed by atoms with Crippen LogP contribution in [-0.4, -0.2) is 65.1 Å². The van der Waals surface area contributed by atoms with E-state index in [0.717, 1.165) is 49.2 Å². The van der Waals surface area contributed by atoms with Crippen molar-refractivity contribution in [2.45, 2.75) is 50.0 Å². The van der Waals surface area contributed by atoms with Gasteiger partial charge in [0.1, 0.15) is 0 Å². The number of aryl methyl sites for hydroxylation is 1. The Morgan fingerprint density at radius 1 is 1.03 bits per heavy atom. The Kier molecular flexibility index (Phi) is 7.42. The van der Waals surface area contributed by atoms with Gasteiger partial charge in [0.2, 0.25) is 0 Å². The highest BCUT2D eigenvalue weighted by Gasteiger charge is 2.28. The number of amides is 2. The van der Waals surface area contributed by atoms with Crippen molar-refractivity contribution >= 4 is 35.0 Å². The van der Waals surface area contributed by atoms with Gasteiger partial charge in [-0.1, -0.05) is 0 Å². The van der Waals surface area contributed by atoms with Crippen LogP contribution in [0.1, 0.15) is 58.4 Å². The number of anilines is 2. The second-order valence-electron chi connectivity index (χ2n) is 8.98. The van der Waals surface area contributed by atoms with Crippen molar-refractivity contribution in [1.82, 2.24) is 14.8 Å². The molecular formula is C25H33N5O2S. The summed E-state index contributed by atoms with van der Waals surface area (Å²) in [5, 5.41) is 3.54. The number of benzene rings is 1. The molecule has 2 aliphatic heterocycles. The third-order valence-corrected chi connectivity index (χ3v) is 7.13. The van der Waals surface area contributed by atoms with Gasteiger partial charge >= 0.3 is 0 Å². The first-order valence-electron chi connectivity index (χ1n) is 11.7. The summed E-state index contributed by atoms with van der Waals surface area (Å²) < 4.78 is 0. The lowest BCUT2D eigenvalue weighted by molar-refractivity contribution is 0.0707. The van der Waals surface area contributed by atoms with Crippen LogP contribution < -0.4 is 11.1 Å². The van der Waals surface area contributed by atoms with E-state index in [9.17, 15) is 9.59 Å². The molecule has 2 aromatic rings. The first kappa shape index (κ1) is 23.4. The molecule has 0 saturated carbocycles. The van der Waals surface area contributed by atoms with Gasteiger partial charge in [0.05, 0.1) is 22.5 Å². The molecule has 3 heterocycles. The van der Waals surface area contributed by atoms with Crippen molar-refractivity contribution in [3.8, 4) is 0 Å². The summed E-state index contributed by atoms with van der Waals surface area (Å²) in [6.07, 6.45) is 10.4. The van der Waals surface area contributed by atoms with Crippen LogP contribution in [0.25, 0.3) is 0 Å². The lowest BCUT2D eigenvalue weighted by atomic mass is 10.0. The van der Waals surface area contributed by atoms with Crippen LogP contribution in [0, 0.1) is 6.92 Å². The van der Waals surface area contributed by atoms with Gasteiger partial charge in [0.25, 0.3) is 11.8 Å². The van der Waals surface area contributed by atoms with Crippen LogP contribution in [0.5, 0.6) is 0 Å². The molecule has 0 aliphatic carbocycles. The molecule has 2 fully saturated rings. The van der Waals surface area contributed by atoms with Crippen LogP contribution in [0.2, 0.25) is 0 Å². The molecular weight excluding hydrogens is 434 g/mol. The number of nitrogens with two attached hydrogens (primary N) is 1. The maximum atomic E-state index is 13.3. The summed E-state index contributed by atoms with van der Waals surface area (Å²) in [4.78, 5) is 35.5. The highest BCUT2D eigenvalue weighted by Crippen LogP contribution is 2.30. The molecule has 0 radical (unpaired) electrons. The zero-order valence-corrected chi connectivity index (χ0v) is 20.3. The van der Waals surface area contributed by atoms with E-state index in [1.165, 1.54) is 6.42 Å². The zero-order chi connectivity index (χ0) is 23.4. The fraction of sp³-hybridized carbons (Fsp3) is 0.480. The van der Waals surface area contributed by atoms with Crippen LogP contribution in [0.3, 0.4) is 0 Å². The average molecular weight is 468 g/mol. The number of carbonyl (C=O) groups excluding carboxylic acids is 2. The van der Waals surface area contributed by atoms with Gasteiger partial charge in [0.15, 0.2) is 0 Å². The van der Waals surface area contributed by atoms with E-state index in [4.69, 9.17) is 5.73 Å². The first-order valence-corrected chi connectivity index (χ1v) is 12.9. The molecule has 0 bridgehead atoms. The van der Waals surface area contributed by atoms with Gasteiger partial charge in [-0.2, -0.15) is 0 Å². The Morgan fingerprint density at radius 2 is 1.79 bits per heavy atom. The highest BCUT2D eigenvalue weighted by atomic mass is 32.2. The molecule has 8 heteroatoms. The fourth-order valence-electron chi connectivity index (χ4n) is 4.73. The maximum absolute atomic E-state index is 13.3. The molecule has 1 aromatic carbocycles. The molecule has 2 aliphatic rings. The number of carbonyl (C=O) groups is 2. The summed E-state index contributed by atoms with van der Waals surface area (Å²) in [6, 6.07) is 5.75. The number of pyridine rings is 1. The molecule has 1 atom stereocenters. The monoisotopic (exact) mass is 467 g/mol. The molecule has 33 heavy (non-hydrogen) atoms.